The van der Waals surface area contributed by atoms with Gasteiger partial charge in [-0.2, -0.15) is 4.57 Å². The zero-order chi connectivity index (χ0) is 18.2. The summed E-state index contributed by atoms with van der Waals surface area (Å²) in [4.78, 5) is 0. The monoisotopic (exact) mass is 360 g/mol. The fraction of sp³-hybridized carbons (Fsp3) is 0.227. The van der Waals surface area contributed by atoms with E-state index in [-0.39, 0.29) is 0 Å². The summed E-state index contributed by atoms with van der Waals surface area (Å²) < 4.78 is 14.8. The van der Waals surface area contributed by atoms with Crippen molar-refractivity contribution in [1.82, 2.24) is 0 Å². The van der Waals surface area contributed by atoms with E-state index < -0.39 is 8.07 Å². The van der Waals surface area contributed by atoms with Crippen molar-refractivity contribution >= 4 is 35.1 Å². The van der Waals surface area contributed by atoms with Crippen molar-refractivity contribution in [1.29, 1.82) is 0 Å². The third-order valence-electron chi connectivity index (χ3n) is 5.42. The normalized spacial score (nSPS) is 13.1. The second kappa shape index (κ2) is 4.98. The van der Waals surface area contributed by atoms with Crippen LogP contribution in [0.15, 0.2) is 47.1 Å². The van der Waals surface area contributed by atoms with Crippen LogP contribution in [0.3, 0.4) is 0 Å². The van der Waals surface area contributed by atoms with Crippen molar-refractivity contribution in [3.8, 4) is 22.8 Å². The van der Waals surface area contributed by atoms with Crippen LogP contribution < -0.4 is 14.5 Å². The molecule has 130 valence electrons. The first-order valence-electron chi connectivity index (χ1n) is 9.02. The van der Waals surface area contributed by atoms with Gasteiger partial charge in [-0.3, -0.25) is 0 Å². The van der Waals surface area contributed by atoms with Crippen LogP contribution in [0.25, 0.3) is 33.1 Å². The summed E-state index contributed by atoms with van der Waals surface area (Å²) in [5.41, 5.74) is 5.81. The van der Waals surface area contributed by atoms with Crippen molar-refractivity contribution in [2.45, 2.75) is 26.6 Å². The van der Waals surface area contributed by atoms with E-state index in [9.17, 15) is 0 Å². The molecule has 2 aromatic carbocycles. The lowest BCUT2D eigenvalue weighted by atomic mass is 9.93. The summed E-state index contributed by atoms with van der Waals surface area (Å²) >= 11 is 0. The van der Waals surface area contributed by atoms with Crippen LogP contribution in [0.4, 0.5) is 0 Å². The Morgan fingerprint density at radius 3 is 2.58 bits per heavy atom. The van der Waals surface area contributed by atoms with Gasteiger partial charge < -0.3 is 9.15 Å². The first-order valence-corrected chi connectivity index (χ1v) is 12.5. The quantitative estimate of drug-likeness (QED) is 0.309. The van der Waals surface area contributed by atoms with Crippen LogP contribution in [0.5, 0.6) is 11.5 Å². The molecule has 3 heterocycles. The average molecular weight is 361 g/mol. The van der Waals surface area contributed by atoms with E-state index in [2.05, 4.69) is 74.6 Å². The van der Waals surface area contributed by atoms with Gasteiger partial charge in [0.2, 0.25) is 11.3 Å². The molecule has 0 radical (unpaired) electrons. The highest BCUT2D eigenvalue weighted by Crippen LogP contribution is 2.46. The van der Waals surface area contributed by atoms with Gasteiger partial charge in [-0.15, -0.1) is 0 Å². The molecule has 26 heavy (non-hydrogen) atoms. The number of pyridine rings is 1. The standard InChI is InChI=1S/C22H22NO2Si/c1-13-9-10-14-7-6-8-16-18(14)17(13)19-21(25-16)22(26(3,4)5)20-15(23(19)2)11-12-24-20/h6-12H,1-5H3/q+1. The molecule has 0 amide bonds. The van der Waals surface area contributed by atoms with E-state index in [1.54, 1.807) is 6.26 Å². The lowest BCUT2D eigenvalue weighted by molar-refractivity contribution is -0.633. The van der Waals surface area contributed by atoms with Gasteiger partial charge in [0.25, 0.3) is 11.2 Å². The smallest absolute Gasteiger partial charge is 0.256 e. The summed E-state index contributed by atoms with van der Waals surface area (Å²) in [6.45, 7) is 9.24. The molecule has 0 aliphatic carbocycles. The van der Waals surface area contributed by atoms with Gasteiger partial charge in [0.05, 0.1) is 19.9 Å². The predicted molar refractivity (Wildman–Crippen MR) is 108 cm³/mol. The highest BCUT2D eigenvalue weighted by atomic mass is 28.3. The molecule has 0 atom stereocenters. The van der Waals surface area contributed by atoms with Crippen molar-refractivity contribution in [2.24, 2.45) is 7.05 Å². The van der Waals surface area contributed by atoms with Gasteiger partial charge in [-0.1, -0.05) is 43.9 Å². The van der Waals surface area contributed by atoms with E-state index in [0.717, 1.165) is 28.3 Å². The third-order valence-corrected chi connectivity index (χ3v) is 7.38. The number of ether oxygens (including phenoxy) is 1. The van der Waals surface area contributed by atoms with Gasteiger partial charge >= 0.3 is 0 Å². The maximum Gasteiger partial charge on any atom is 0.256 e. The second-order valence-corrected chi connectivity index (χ2v) is 13.2. The maximum atomic E-state index is 6.57. The van der Waals surface area contributed by atoms with Gasteiger partial charge in [-0.25, -0.2) is 0 Å². The highest BCUT2D eigenvalue weighted by molar-refractivity contribution is 6.91. The average Bonchev–Trinajstić information content (AvgIpc) is 3.05. The molecule has 0 N–H and O–H groups in total. The minimum Gasteiger partial charge on any atom is -0.458 e. The summed E-state index contributed by atoms with van der Waals surface area (Å²) in [5.74, 6) is 1.92. The Morgan fingerprint density at radius 2 is 1.81 bits per heavy atom. The van der Waals surface area contributed by atoms with Gasteiger partial charge in [0.1, 0.15) is 12.8 Å². The first kappa shape index (κ1) is 15.6. The van der Waals surface area contributed by atoms with E-state index in [1.807, 2.05) is 0 Å². The van der Waals surface area contributed by atoms with E-state index in [0.29, 0.717) is 0 Å². The van der Waals surface area contributed by atoms with Crippen molar-refractivity contribution in [2.75, 3.05) is 0 Å². The fourth-order valence-corrected chi connectivity index (χ4v) is 5.98. The Bertz CT molecular complexity index is 1210. The SMILES string of the molecule is Cc1ccc2cccc3c2c1-c1c(c([Si](C)(C)C)c2occc2[n+]1C)O3. The molecule has 1 aliphatic rings. The molecular weight excluding hydrogens is 338 g/mol. The van der Waals surface area contributed by atoms with Gasteiger partial charge in [-0.05, 0) is 23.9 Å². The molecule has 4 aromatic rings. The number of hydrogen-bond acceptors (Lipinski definition) is 2. The van der Waals surface area contributed by atoms with Crippen LogP contribution in [0.1, 0.15) is 5.56 Å². The van der Waals surface area contributed by atoms with Crippen molar-refractivity contribution < 1.29 is 13.7 Å². The van der Waals surface area contributed by atoms with Crippen LogP contribution in [0.2, 0.25) is 19.6 Å². The molecule has 0 unspecified atom stereocenters. The molecule has 0 saturated heterocycles. The van der Waals surface area contributed by atoms with Crippen molar-refractivity contribution in [3.63, 3.8) is 0 Å². The summed E-state index contributed by atoms with van der Waals surface area (Å²) in [6.07, 6.45) is 1.79. The second-order valence-electron chi connectivity index (χ2n) is 8.21. The Kier molecular flexibility index (Phi) is 3.00. The molecule has 3 nitrogen and oxygen atoms in total. The van der Waals surface area contributed by atoms with Crippen molar-refractivity contribution in [3.05, 3.63) is 48.2 Å². The molecule has 4 heteroatoms. The van der Waals surface area contributed by atoms with E-state index >= 15 is 0 Å². The van der Waals surface area contributed by atoms with Crippen LogP contribution >= 0.6 is 0 Å². The molecule has 1 aliphatic heterocycles. The minimum atomic E-state index is -1.72. The number of nitrogens with zero attached hydrogens (tertiary/aromatic N) is 1. The van der Waals surface area contributed by atoms with E-state index in [4.69, 9.17) is 9.15 Å². The molecule has 2 aromatic heterocycles. The number of hydrogen-bond donors (Lipinski definition) is 0. The predicted octanol–water partition coefficient (Wildman–Crippen LogP) is 5.04. The zero-order valence-corrected chi connectivity index (χ0v) is 16.8. The Labute approximate surface area is 153 Å². The number of fused-ring (bicyclic) bond motifs is 3. The molecule has 0 fully saturated rings. The minimum absolute atomic E-state index is 0.944. The largest absolute Gasteiger partial charge is 0.458 e. The van der Waals surface area contributed by atoms with E-state index in [1.165, 1.54) is 27.1 Å². The Balaban J connectivity index is 2.06. The molecular formula is C22H22NO2Si+. The molecule has 0 spiro atoms. The number of furan rings is 1. The molecule has 0 saturated carbocycles. The topological polar surface area (TPSA) is 26.2 Å². The Hall–Kier alpha value is -2.59. The summed E-state index contributed by atoms with van der Waals surface area (Å²) in [5, 5.41) is 3.69. The van der Waals surface area contributed by atoms with Crippen LogP contribution in [-0.4, -0.2) is 8.07 Å². The van der Waals surface area contributed by atoms with Crippen LogP contribution in [-0.2, 0) is 7.05 Å². The first-order chi connectivity index (χ1) is 12.4. The fourth-order valence-electron chi connectivity index (χ4n) is 4.26. The number of aryl methyl sites for hydroxylation is 2. The van der Waals surface area contributed by atoms with Gasteiger partial charge in [0, 0.05) is 16.6 Å². The number of rotatable bonds is 1. The van der Waals surface area contributed by atoms with Gasteiger partial charge in [0.15, 0.2) is 0 Å². The van der Waals surface area contributed by atoms with Crippen LogP contribution in [0, 0.1) is 6.92 Å². The molecule has 5 rings (SSSR count). The Morgan fingerprint density at radius 1 is 1.00 bits per heavy atom. The summed E-state index contributed by atoms with van der Waals surface area (Å²) in [7, 11) is 0.394. The lowest BCUT2D eigenvalue weighted by Gasteiger charge is -2.26. The summed E-state index contributed by atoms with van der Waals surface area (Å²) in [6, 6.07) is 12.8. The highest BCUT2D eigenvalue weighted by Gasteiger charge is 2.39. The lowest BCUT2D eigenvalue weighted by Crippen LogP contribution is -2.44. The number of aromatic nitrogens is 1. The zero-order valence-electron chi connectivity index (χ0n) is 15.8. The maximum absolute atomic E-state index is 6.57. The third kappa shape index (κ3) is 1.91. The number of benzene rings is 2. The molecule has 0 bridgehead atoms.